The lowest BCUT2D eigenvalue weighted by Gasteiger charge is -2.10. The molecule has 122 valence electrons. The fourth-order valence-corrected chi connectivity index (χ4v) is 4.57. The minimum Gasteiger partial charge on any atom is -0.496 e. The monoisotopic (exact) mass is 333 g/mol. The molecule has 1 fully saturated rings. The average molecular weight is 333 g/mol. The summed E-state index contributed by atoms with van der Waals surface area (Å²) in [6.45, 7) is 0.599. The van der Waals surface area contributed by atoms with Crippen LogP contribution in [0.5, 0.6) is 5.75 Å². The summed E-state index contributed by atoms with van der Waals surface area (Å²) in [5.41, 5.74) is 1.62. The molecule has 0 radical (unpaired) electrons. The Morgan fingerprint density at radius 1 is 1.22 bits per heavy atom. The van der Waals surface area contributed by atoms with E-state index in [0.29, 0.717) is 18.8 Å². The van der Waals surface area contributed by atoms with E-state index in [1.807, 2.05) is 36.4 Å². The summed E-state index contributed by atoms with van der Waals surface area (Å²) in [5, 5.41) is 11.5. The SMILES string of the molecule is COc1ccccc1-c1ccc(NC[C@H]2CCS(=O)(=O)C2)nn1. The second kappa shape index (κ2) is 6.54. The number of nitrogens with zero attached hydrogens (tertiary/aromatic N) is 2. The van der Waals surface area contributed by atoms with Crippen molar-refractivity contribution in [2.75, 3.05) is 30.5 Å². The first-order valence-electron chi connectivity index (χ1n) is 7.49. The summed E-state index contributed by atoms with van der Waals surface area (Å²) in [4.78, 5) is 0. The molecule has 0 aliphatic carbocycles. The average Bonchev–Trinajstić information content (AvgIpc) is 2.92. The van der Waals surface area contributed by atoms with Crippen molar-refractivity contribution < 1.29 is 13.2 Å². The molecule has 2 aromatic rings. The van der Waals surface area contributed by atoms with Gasteiger partial charge in [0.1, 0.15) is 11.6 Å². The zero-order valence-electron chi connectivity index (χ0n) is 12.9. The lowest BCUT2D eigenvalue weighted by molar-refractivity contribution is 0.416. The van der Waals surface area contributed by atoms with Crippen LogP contribution in [0, 0.1) is 5.92 Å². The molecule has 6 nitrogen and oxygen atoms in total. The van der Waals surface area contributed by atoms with Gasteiger partial charge < -0.3 is 10.1 Å². The fourth-order valence-electron chi connectivity index (χ4n) is 2.71. The molecular formula is C16H19N3O3S. The normalized spacial score (nSPS) is 19.4. The van der Waals surface area contributed by atoms with Crippen LogP contribution >= 0.6 is 0 Å². The zero-order valence-corrected chi connectivity index (χ0v) is 13.7. The Morgan fingerprint density at radius 2 is 2.04 bits per heavy atom. The van der Waals surface area contributed by atoms with Gasteiger partial charge in [-0.1, -0.05) is 12.1 Å². The van der Waals surface area contributed by atoms with Crippen molar-refractivity contribution in [3.63, 3.8) is 0 Å². The third-order valence-corrected chi connectivity index (χ3v) is 5.78. The van der Waals surface area contributed by atoms with Gasteiger partial charge in [-0.2, -0.15) is 0 Å². The number of benzene rings is 1. The molecule has 2 heterocycles. The van der Waals surface area contributed by atoms with Crippen molar-refractivity contribution in [2.45, 2.75) is 6.42 Å². The molecule has 23 heavy (non-hydrogen) atoms. The van der Waals surface area contributed by atoms with E-state index in [1.54, 1.807) is 7.11 Å². The quantitative estimate of drug-likeness (QED) is 0.901. The third kappa shape index (κ3) is 3.79. The summed E-state index contributed by atoms with van der Waals surface area (Å²) >= 11 is 0. The van der Waals surface area contributed by atoms with Crippen LogP contribution in [0.4, 0.5) is 5.82 Å². The Morgan fingerprint density at radius 3 is 2.70 bits per heavy atom. The van der Waals surface area contributed by atoms with Gasteiger partial charge in [0.05, 0.1) is 24.3 Å². The van der Waals surface area contributed by atoms with Crippen LogP contribution in [-0.2, 0) is 9.84 Å². The van der Waals surface area contributed by atoms with Gasteiger partial charge in [0.25, 0.3) is 0 Å². The van der Waals surface area contributed by atoms with E-state index in [2.05, 4.69) is 15.5 Å². The van der Waals surface area contributed by atoms with E-state index >= 15 is 0 Å². The molecule has 0 spiro atoms. The van der Waals surface area contributed by atoms with Gasteiger partial charge in [0, 0.05) is 12.1 Å². The molecule has 1 N–H and O–H groups in total. The van der Waals surface area contributed by atoms with Crippen molar-refractivity contribution in [1.82, 2.24) is 10.2 Å². The van der Waals surface area contributed by atoms with Crippen LogP contribution in [-0.4, -0.2) is 43.8 Å². The zero-order chi connectivity index (χ0) is 16.3. The third-order valence-electron chi connectivity index (χ3n) is 3.95. The number of ether oxygens (including phenoxy) is 1. The summed E-state index contributed by atoms with van der Waals surface area (Å²) < 4.78 is 28.2. The minimum absolute atomic E-state index is 0.149. The molecule has 1 aromatic carbocycles. The van der Waals surface area contributed by atoms with Gasteiger partial charge in [-0.25, -0.2) is 8.42 Å². The number of para-hydroxylation sites is 1. The van der Waals surface area contributed by atoms with Gasteiger partial charge in [0.2, 0.25) is 0 Å². The lowest BCUT2D eigenvalue weighted by Crippen LogP contribution is -2.16. The molecule has 0 bridgehead atoms. The van der Waals surface area contributed by atoms with Crippen molar-refractivity contribution in [1.29, 1.82) is 0 Å². The van der Waals surface area contributed by atoms with Crippen LogP contribution in [0.3, 0.4) is 0 Å². The summed E-state index contributed by atoms with van der Waals surface area (Å²) in [6.07, 6.45) is 0.710. The van der Waals surface area contributed by atoms with Crippen LogP contribution in [0.15, 0.2) is 36.4 Å². The number of nitrogens with one attached hydrogen (secondary N) is 1. The van der Waals surface area contributed by atoms with Gasteiger partial charge in [-0.15, -0.1) is 10.2 Å². The topological polar surface area (TPSA) is 81.2 Å². The molecule has 1 aliphatic heterocycles. The number of sulfone groups is 1. The van der Waals surface area contributed by atoms with Crippen molar-refractivity contribution in [2.24, 2.45) is 5.92 Å². The van der Waals surface area contributed by atoms with Crippen LogP contribution < -0.4 is 10.1 Å². The first kappa shape index (κ1) is 15.7. The number of anilines is 1. The second-order valence-electron chi connectivity index (χ2n) is 5.65. The summed E-state index contributed by atoms with van der Waals surface area (Å²) in [6, 6.07) is 11.4. The number of rotatable bonds is 5. The second-order valence-corrected chi connectivity index (χ2v) is 7.88. The maximum absolute atomic E-state index is 11.4. The van der Waals surface area contributed by atoms with Crippen LogP contribution in [0.25, 0.3) is 11.3 Å². The molecule has 1 aliphatic rings. The Hall–Kier alpha value is -2.15. The maximum atomic E-state index is 11.4. The van der Waals surface area contributed by atoms with E-state index in [4.69, 9.17) is 4.74 Å². The molecule has 0 saturated carbocycles. The van der Waals surface area contributed by atoms with E-state index in [-0.39, 0.29) is 17.4 Å². The highest BCUT2D eigenvalue weighted by molar-refractivity contribution is 7.91. The Bertz CT molecular complexity index is 775. The van der Waals surface area contributed by atoms with Crippen molar-refractivity contribution >= 4 is 15.7 Å². The molecular weight excluding hydrogens is 314 g/mol. The molecule has 1 saturated heterocycles. The largest absolute Gasteiger partial charge is 0.496 e. The lowest BCUT2D eigenvalue weighted by atomic mass is 10.1. The molecule has 7 heteroatoms. The predicted octanol–water partition coefficient (Wildman–Crippen LogP) is 2.00. The van der Waals surface area contributed by atoms with Crippen LogP contribution in [0.1, 0.15) is 6.42 Å². The fraction of sp³-hybridized carbons (Fsp3) is 0.375. The highest BCUT2D eigenvalue weighted by Gasteiger charge is 2.27. The van der Waals surface area contributed by atoms with Gasteiger partial charge in [-0.3, -0.25) is 0 Å². The van der Waals surface area contributed by atoms with Crippen molar-refractivity contribution in [3.05, 3.63) is 36.4 Å². The van der Waals surface area contributed by atoms with Gasteiger partial charge in [0.15, 0.2) is 9.84 Å². The molecule has 0 amide bonds. The number of aromatic nitrogens is 2. The maximum Gasteiger partial charge on any atom is 0.150 e. The first-order chi connectivity index (χ1) is 11.1. The first-order valence-corrected chi connectivity index (χ1v) is 9.31. The van der Waals surface area contributed by atoms with E-state index in [1.165, 1.54) is 0 Å². The summed E-state index contributed by atoms with van der Waals surface area (Å²) in [5.74, 6) is 2.09. The number of hydrogen-bond acceptors (Lipinski definition) is 6. The van der Waals surface area contributed by atoms with Gasteiger partial charge >= 0.3 is 0 Å². The Kier molecular flexibility index (Phi) is 4.47. The standard InChI is InChI=1S/C16H19N3O3S/c1-22-15-5-3-2-4-13(15)14-6-7-16(19-18-14)17-10-12-8-9-23(20,21)11-12/h2-7,12H,8-11H2,1H3,(H,17,19)/t12-/m1/s1. The molecule has 1 aromatic heterocycles. The van der Waals surface area contributed by atoms with E-state index in [0.717, 1.165) is 17.0 Å². The smallest absolute Gasteiger partial charge is 0.150 e. The predicted molar refractivity (Wildman–Crippen MR) is 89.3 cm³/mol. The highest BCUT2D eigenvalue weighted by atomic mass is 32.2. The number of hydrogen-bond donors (Lipinski definition) is 1. The molecule has 3 rings (SSSR count). The van der Waals surface area contributed by atoms with E-state index < -0.39 is 9.84 Å². The Labute approximate surface area is 135 Å². The molecule has 0 unspecified atom stereocenters. The summed E-state index contributed by atoms with van der Waals surface area (Å²) in [7, 11) is -1.22. The van der Waals surface area contributed by atoms with E-state index in [9.17, 15) is 8.42 Å². The van der Waals surface area contributed by atoms with Crippen molar-refractivity contribution in [3.8, 4) is 17.0 Å². The Balaban J connectivity index is 1.66. The highest BCUT2D eigenvalue weighted by Crippen LogP contribution is 2.27. The van der Waals surface area contributed by atoms with Gasteiger partial charge in [-0.05, 0) is 36.6 Å². The molecule has 1 atom stereocenters. The number of methoxy groups -OCH3 is 1. The minimum atomic E-state index is -2.84. The van der Waals surface area contributed by atoms with Crippen LogP contribution in [0.2, 0.25) is 0 Å².